The average Bonchev–Trinajstić information content (AvgIpc) is 2.81. The Morgan fingerprint density at radius 1 is 0.710 bits per heavy atom. The lowest BCUT2D eigenvalue weighted by Crippen LogP contribution is -2.29. The quantitative estimate of drug-likeness (QED) is 0.442. The largest absolute Gasteiger partial charge is 0.487 e. The highest BCUT2D eigenvalue weighted by molar-refractivity contribution is 5.68. The number of carboxylic acids is 1. The highest BCUT2D eigenvalue weighted by atomic mass is 16.6. The first-order valence-electron chi connectivity index (χ1n) is 10.0. The van der Waals surface area contributed by atoms with Gasteiger partial charge in [-0.25, -0.2) is 4.79 Å². The van der Waals surface area contributed by atoms with Gasteiger partial charge in [0.05, 0.1) is 13.2 Å². The van der Waals surface area contributed by atoms with Gasteiger partial charge >= 0.3 is 5.97 Å². The summed E-state index contributed by atoms with van der Waals surface area (Å²) < 4.78 is 23.0. The fraction of sp³-hybridized carbons (Fsp3) is 0.240. The van der Waals surface area contributed by atoms with Crippen LogP contribution in [0, 0.1) is 0 Å². The van der Waals surface area contributed by atoms with Gasteiger partial charge in [0.1, 0.15) is 25.9 Å². The molecule has 0 saturated heterocycles. The van der Waals surface area contributed by atoms with Crippen LogP contribution >= 0.6 is 0 Å². The number of aliphatic carboxylic acids is 1. The molecular formula is C25H26O6. The van der Waals surface area contributed by atoms with Crippen molar-refractivity contribution in [2.75, 3.05) is 19.8 Å². The van der Waals surface area contributed by atoms with E-state index < -0.39 is 18.7 Å². The SMILES string of the molecule is O=C(O)COC(COCc1ccccc1)COc1ccccc1OCc1ccccc1. The van der Waals surface area contributed by atoms with Gasteiger partial charge in [-0.1, -0.05) is 72.8 Å². The van der Waals surface area contributed by atoms with Crippen LogP contribution in [0.1, 0.15) is 11.1 Å². The summed E-state index contributed by atoms with van der Waals surface area (Å²) >= 11 is 0. The standard InChI is InChI=1S/C25H26O6/c26-25(27)19-29-22(17-28-15-20-9-3-1-4-10-20)18-31-24-14-8-7-13-23(24)30-16-21-11-5-2-6-12-21/h1-14,22H,15-19H2,(H,26,27). The maximum Gasteiger partial charge on any atom is 0.329 e. The lowest BCUT2D eigenvalue weighted by Gasteiger charge is -2.19. The summed E-state index contributed by atoms with van der Waals surface area (Å²) in [5, 5.41) is 8.95. The molecule has 0 fully saturated rings. The van der Waals surface area contributed by atoms with E-state index in [4.69, 9.17) is 24.1 Å². The molecule has 1 unspecified atom stereocenters. The maximum atomic E-state index is 10.9. The van der Waals surface area contributed by atoms with Crippen LogP contribution in [0.5, 0.6) is 11.5 Å². The fourth-order valence-electron chi connectivity index (χ4n) is 2.82. The number of hydrogen-bond donors (Lipinski definition) is 1. The summed E-state index contributed by atoms with van der Waals surface area (Å²) in [7, 11) is 0. The van der Waals surface area contributed by atoms with Gasteiger partial charge in [-0.15, -0.1) is 0 Å². The van der Waals surface area contributed by atoms with E-state index in [1.807, 2.05) is 78.9 Å². The number of rotatable bonds is 13. The van der Waals surface area contributed by atoms with Crippen LogP contribution < -0.4 is 9.47 Å². The molecule has 1 N–H and O–H groups in total. The zero-order valence-corrected chi connectivity index (χ0v) is 17.2. The molecule has 0 bridgehead atoms. The minimum Gasteiger partial charge on any atom is -0.487 e. The fourth-order valence-corrected chi connectivity index (χ4v) is 2.82. The van der Waals surface area contributed by atoms with E-state index in [0.717, 1.165) is 11.1 Å². The molecule has 0 aliphatic heterocycles. The molecule has 6 nitrogen and oxygen atoms in total. The molecule has 0 saturated carbocycles. The molecule has 3 rings (SSSR count). The highest BCUT2D eigenvalue weighted by Gasteiger charge is 2.15. The van der Waals surface area contributed by atoms with E-state index in [1.165, 1.54) is 0 Å². The summed E-state index contributed by atoms with van der Waals surface area (Å²) in [5.74, 6) is 0.124. The predicted molar refractivity (Wildman–Crippen MR) is 116 cm³/mol. The first kappa shape index (κ1) is 22.3. The van der Waals surface area contributed by atoms with Crippen molar-refractivity contribution in [3.05, 3.63) is 96.1 Å². The molecule has 0 heterocycles. The van der Waals surface area contributed by atoms with Crippen molar-refractivity contribution < 1.29 is 28.8 Å². The molecule has 0 aliphatic rings. The number of carboxylic acid groups (broad SMARTS) is 1. The van der Waals surface area contributed by atoms with E-state index in [0.29, 0.717) is 24.7 Å². The normalized spacial score (nSPS) is 11.6. The Morgan fingerprint density at radius 3 is 1.87 bits per heavy atom. The van der Waals surface area contributed by atoms with Crippen LogP contribution in [-0.2, 0) is 27.5 Å². The lowest BCUT2D eigenvalue weighted by molar-refractivity contribution is -0.146. The van der Waals surface area contributed by atoms with Crippen molar-refractivity contribution in [2.24, 2.45) is 0 Å². The molecule has 162 valence electrons. The Morgan fingerprint density at radius 2 is 1.26 bits per heavy atom. The third kappa shape index (κ3) is 8.12. The third-order valence-electron chi connectivity index (χ3n) is 4.37. The van der Waals surface area contributed by atoms with Crippen LogP contribution in [0.15, 0.2) is 84.9 Å². The number of ether oxygens (including phenoxy) is 4. The Hall–Kier alpha value is -3.35. The second kappa shape index (κ2) is 12.4. The second-order valence-corrected chi connectivity index (χ2v) is 6.86. The monoisotopic (exact) mass is 422 g/mol. The Kier molecular flexibility index (Phi) is 8.91. The van der Waals surface area contributed by atoms with Gasteiger partial charge < -0.3 is 24.1 Å². The first-order valence-corrected chi connectivity index (χ1v) is 10.0. The Balaban J connectivity index is 1.54. The predicted octanol–water partition coefficient (Wildman–Crippen LogP) is 4.33. The van der Waals surface area contributed by atoms with Crippen LogP contribution in [0.4, 0.5) is 0 Å². The molecule has 0 aromatic heterocycles. The zero-order chi connectivity index (χ0) is 21.7. The second-order valence-electron chi connectivity index (χ2n) is 6.86. The van der Waals surface area contributed by atoms with E-state index in [9.17, 15) is 4.79 Å². The van der Waals surface area contributed by atoms with Gasteiger partial charge in [-0.2, -0.15) is 0 Å². The summed E-state index contributed by atoms with van der Waals surface area (Å²) in [6, 6.07) is 26.9. The number of hydrogen-bond acceptors (Lipinski definition) is 5. The number of benzene rings is 3. The smallest absolute Gasteiger partial charge is 0.329 e. The van der Waals surface area contributed by atoms with Crippen molar-refractivity contribution in [3.63, 3.8) is 0 Å². The Labute approximate surface area is 182 Å². The van der Waals surface area contributed by atoms with Crippen LogP contribution in [0.2, 0.25) is 0 Å². The van der Waals surface area contributed by atoms with Crippen molar-refractivity contribution in [2.45, 2.75) is 19.3 Å². The van der Waals surface area contributed by atoms with E-state index >= 15 is 0 Å². The Bertz CT molecular complexity index is 914. The molecule has 0 aliphatic carbocycles. The summed E-state index contributed by atoms with van der Waals surface area (Å²) in [6.07, 6.45) is -0.540. The summed E-state index contributed by atoms with van der Waals surface area (Å²) in [6.45, 7) is 0.739. The summed E-state index contributed by atoms with van der Waals surface area (Å²) in [4.78, 5) is 10.9. The minimum absolute atomic E-state index is 0.133. The van der Waals surface area contributed by atoms with E-state index in [2.05, 4.69) is 0 Å². The number of para-hydroxylation sites is 2. The van der Waals surface area contributed by atoms with Gasteiger partial charge in [0.15, 0.2) is 11.5 Å². The molecule has 1 atom stereocenters. The molecule has 0 radical (unpaired) electrons. The highest BCUT2D eigenvalue weighted by Crippen LogP contribution is 2.27. The first-order chi connectivity index (χ1) is 15.2. The summed E-state index contributed by atoms with van der Waals surface area (Å²) in [5.41, 5.74) is 2.08. The topological polar surface area (TPSA) is 74.2 Å². The minimum atomic E-state index is -1.04. The van der Waals surface area contributed by atoms with Crippen LogP contribution in [0.3, 0.4) is 0 Å². The van der Waals surface area contributed by atoms with Gasteiger partial charge in [-0.05, 0) is 23.3 Å². The molecule has 0 spiro atoms. The molecule has 6 heteroatoms. The molecule has 0 amide bonds. The van der Waals surface area contributed by atoms with Crippen LogP contribution in [0.25, 0.3) is 0 Å². The van der Waals surface area contributed by atoms with Gasteiger partial charge in [-0.3, -0.25) is 0 Å². The third-order valence-corrected chi connectivity index (χ3v) is 4.37. The van der Waals surface area contributed by atoms with Crippen molar-refractivity contribution >= 4 is 5.97 Å². The lowest BCUT2D eigenvalue weighted by atomic mass is 10.2. The van der Waals surface area contributed by atoms with Crippen LogP contribution in [-0.4, -0.2) is 37.0 Å². The van der Waals surface area contributed by atoms with E-state index in [-0.39, 0.29) is 13.2 Å². The van der Waals surface area contributed by atoms with Crippen molar-refractivity contribution in [1.29, 1.82) is 0 Å². The maximum absolute atomic E-state index is 10.9. The van der Waals surface area contributed by atoms with Crippen molar-refractivity contribution in [3.8, 4) is 11.5 Å². The van der Waals surface area contributed by atoms with E-state index in [1.54, 1.807) is 6.07 Å². The van der Waals surface area contributed by atoms with Gasteiger partial charge in [0.2, 0.25) is 0 Å². The van der Waals surface area contributed by atoms with Gasteiger partial charge in [0.25, 0.3) is 0 Å². The zero-order valence-electron chi connectivity index (χ0n) is 17.2. The molecule has 3 aromatic rings. The molecular weight excluding hydrogens is 396 g/mol. The van der Waals surface area contributed by atoms with Gasteiger partial charge in [0, 0.05) is 0 Å². The average molecular weight is 422 g/mol. The number of carbonyl (C=O) groups is 1. The molecule has 3 aromatic carbocycles. The van der Waals surface area contributed by atoms with Crippen molar-refractivity contribution in [1.82, 2.24) is 0 Å². The molecule has 31 heavy (non-hydrogen) atoms.